The Balaban J connectivity index is 1.62. The summed E-state index contributed by atoms with van der Waals surface area (Å²) in [5, 5.41) is 15.7. The van der Waals surface area contributed by atoms with Crippen molar-refractivity contribution < 1.29 is 0 Å². The number of hydrogen-bond acceptors (Lipinski definition) is 4. The van der Waals surface area contributed by atoms with Gasteiger partial charge >= 0.3 is 0 Å². The molecule has 1 N–H and O–H groups in total. The van der Waals surface area contributed by atoms with Crippen LogP contribution in [0.15, 0.2) is 30.3 Å². The van der Waals surface area contributed by atoms with Crippen molar-refractivity contribution in [2.24, 2.45) is 5.92 Å². The molecule has 1 saturated carbocycles. The topological polar surface area (TPSA) is 55.6 Å². The van der Waals surface area contributed by atoms with Crippen LogP contribution in [-0.2, 0) is 6.54 Å². The Morgan fingerprint density at radius 1 is 1.14 bits per heavy atom. The Morgan fingerprint density at radius 3 is 2.86 bits per heavy atom. The quantitative estimate of drug-likeness (QED) is 0.878. The van der Waals surface area contributed by atoms with Crippen LogP contribution < -0.4 is 5.32 Å². The first-order valence-corrected chi connectivity index (χ1v) is 7.89. The number of nitrogens with one attached hydrogen (secondary N) is 1. The Hall–Kier alpha value is -1.75. The number of aromatic nitrogens is 4. The molecule has 112 valence electrons. The Morgan fingerprint density at radius 2 is 2.00 bits per heavy atom. The Labute approximate surface area is 125 Å². The van der Waals surface area contributed by atoms with Gasteiger partial charge in [-0.2, -0.15) is 4.68 Å². The molecule has 3 rings (SSSR count). The predicted molar refractivity (Wildman–Crippen MR) is 82.0 cm³/mol. The average Bonchev–Trinajstić information content (AvgIpc) is 2.89. The SMILES string of the molecule is CC1CCCC(NCc2nnnn2-c2ccccc2)CC1. The van der Waals surface area contributed by atoms with Crippen molar-refractivity contribution in [1.82, 2.24) is 25.5 Å². The molecule has 0 amide bonds. The fourth-order valence-corrected chi connectivity index (χ4v) is 3.01. The van der Waals surface area contributed by atoms with Crippen molar-refractivity contribution in [3.05, 3.63) is 36.2 Å². The smallest absolute Gasteiger partial charge is 0.170 e. The highest BCUT2D eigenvalue weighted by molar-refractivity contribution is 5.30. The number of benzene rings is 1. The number of para-hydroxylation sites is 1. The van der Waals surface area contributed by atoms with Gasteiger partial charge in [0.1, 0.15) is 0 Å². The van der Waals surface area contributed by atoms with E-state index < -0.39 is 0 Å². The van der Waals surface area contributed by atoms with Crippen LogP contribution in [0.4, 0.5) is 0 Å². The van der Waals surface area contributed by atoms with Gasteiger partial charge < -0.3 is 5.32 Å². The van der Waals surface area contributed by atoms with Crippen LogP contribution >= 0.6 is 0 Å². The van der Waals surface area contributed by atoms with E-state index in [1.165, 1.54) is 32.1 Å². The van der Waals surface area contributed by atoms with Gasteiger partial charge in [0.2, 0.25) is 0 Å². The minimum atomic E-state index is 0.593. The maximum Gasteiger partial charge on any atom is 0.170 e. The third kappa shape index (κ3) is 3.67. The van der Waals surface area contributed by atoms with E-state index in [0.717, 1.165) is 24.0 Å². The van der Waals surface area contributed by atoms with Gasteiger partial charge in [0.05, 0.1) is 12.2 Å². The van der Waals surface area contributed by atoms with Gasteiger partial charge in [0.25, 0.3) is 0 Å². The van der Waals surface area contributed by atoms with Crippen LogP contribution in [0.25, 0.3) is 5.69 Å². The molecule has 21 heavy (non-hydrogen) atoms. The third-order valence-corrected chi connectivity index (χ3v) is 4.34. The second kappa shape index (κ2) is 6.80. The molecule has 1 aliphatic carbocycles. The fourth-order valence-electron chi connectivity index (χ4n) is 3.01. The summed E-state index contributed by atoms with van der Waals surface area (Å²) in [5.41, 5.74) is 1.01. The van der Waals surface area contributed by atoms with E-state index in [0.29, 0.717) is 6.04 Å². The summed E-state index contributed by atoms with van der Waals surface area (Å²) in [7, 11) is 0. The Kier molecular flexibility index (Phi) is 4.60. The molecule has 2 atom stereocenters. The molecule has 1 aromatic carbocycles. The summed E-state index contributed by atoms with van der Waals surface area (Å²) < 4.78 is 1.81. The predicted octanol–water partition coefficient (Wildman–Crippen LogP) is 2.72. The molecular formula is C16H23N5. The second-order valence-electron chi connectivity index (χ2n) is 6.03. The molecule has 2 aromatic rings. The van der Waals surface area contributed by atoms with Crippen LogP contribution in [-0.4, -0.2) is 26.2 Å². The maximum absolute atomic E-state index is 4.15. The van der Waals surface area contributed by atoms with Crippen molar-refractivity contribution in [2.45, 2.75) is 51.6 Å². The van der Waals surface area contributed by atoms with Crippen molar-refractivity contribution in [3.63, 3.8) is 0 Å². The van der Waals surface area contributed by atoms with Crippen molar-refractivity contribution in [2.75, 3.05) is 0 Å². The van der Waals surface area contributed by atoms with Gasteiger partial charge in [0, 0.05) is 6.04 Å². The minimum absolute atomic E-state index is 0.593. The lowest BCUT2D eigenvalue weighted by Crippen LogP contribution is -2.29. The lowest BCUT2D eigenvalue weighted by Gasteiger charge is -2.16. The number of rotatable bonds is 4. The highest BCUT2D eigenvalue weighted by atomic mass is 15.5. The lowest BCUT2D eigenvalue weighted by atomic mass is 10.0. The largest absolute Gasteiger partial charge is 0.307 e. The normalized spacial score (nSPS) is 22.9. The summed E-state index contributed by atoms with van der Waals surface area (Å²) in [6, 6.07) is 10.6. The monoisotopic (exact) mass is 285 g/mol. The van der Waals surface area contributed by atoms with E-state index >= 15 is 0 Å². The van der Waals surface area contributed by atoms with Gasteiger partial charge in [-0.15, -0.1) is 5.10 Å². The van der Waals surface area contributed by atoms with Crippen molar-refractivity contribution >= 4 is 0 Å². The zero-order valence-corrected chi connectivity index (χ0v) is 12.6. The van der Waals surface area contributed by atoms with Crippen molar-refractivity contribution in [1.29, 1.82) is 0 Å². The molecule has 0 radical (unpaired) electrons. The average molecular weight is 285 g/mol. The zero-order chi connectivity index (χ0) is 14.5. The van der Waals surface area contributed by atoms with E-state index in [1.54, 1.807) is 0 Å². The minimum Gasteiger partial charge on any atom is -0.307 e. The summed E-state index contributed by atoms with van der Waals surface area (Å²) in [5.74, 6) is 1.74. The van der Waals surface area contributed by atoms with Crippen LogP contribution in [0.3, 0.4) is 0 Å². The van der Waals surface area contributed by atoms with E-state index in [4.69, 9.17) is 0 Å². The molecule has 5 nitrogen and oxygen atoms in total. The van der Waals surface area contributed by atoms with Gasteiger partial charge in [0.15, 0.2) is 5.82 Å². The summed E-state index contributed by atoms with van der Waals surface area (Å²) in [6.07, 6.45) is 6.52. The number of nitrogens with zero attached hydrogens (tertiary/aromatic N) is 4. The first-order valence-electron chi connectivity index (χ1n) is 7.89. The third-order valence-electron chi connectivity index (χ3n) is 4.34. The fraction of sp³-hybridized carbons (Fsp3) is 0.562. The summed E-state index contributed by atoms with van der Waals surface area (Å²) >= 11 is 0. The molecule has 0 aliphatic heterocycles. The van der Waals surface area contributed by atoms with E-state index in [9.17, 15) is 0 Å². The first-order chi connectivity index (χ1) is 10.3. The number of hydrogen-bond donors (Lipinski definition) is 1. The first kappa shape index (κ1) is 14.2. The van der Waals surface area contributed by atoms with Gasteiger partial charge in [-0.05, 0) is 47.7 Å². The molecule has 0 bridgehead atoms. The van der Waals surface area contributed by atoms with Gasteiger partial charge in [-0.3, -0.25) is 0 Å². The molecule has 2 unspecified atom stereocenters. The van der Waals surface area contributed by atoms with Crippen molar-refractivity contribution in [3.8, 4) is 5.69 Å². The molecule has 1 fully saturated rings. The standard InChI is InChI=1S/C16H23N5/c1-13-6-5-7-14(11-10-13)17-12-16-18-19-20-21(16)15-8-3-2-4-9-15/h2-4,8-9,13-14,17H,5-7,10-12H2,1H3. The highest BCUT2D eigenvalue weighted by Crippen LogP contribution is 2.22. The lowest BCUT2D eigenvalue weighted by molar-refractivity contribution is 0.439. The molecule has 5 heteroatoms. The number of tetrazole rings is 1. The molecule has 0 saturated heterocycles. The molecular weight excluding hydrogens is 262 g/mol. The molecule has 1 heterocycles. The Bertz CT molecular complexity index is 551. The van der Waals surface area contributed by atoms with Gasteiger partial charge in [-0.25, -0.2) is 0 Å². The van der Waals surface area contributed by atoms with Crippen LogP contribution in [0.2, 0.25) is 0 Å². The van der Waals surface area contributed by atoms with E-state index in [-0.39, 0.29) is 0 Å². The van der Waals surface area contributed by atoms with Gasteiger partial charge in [-0.1, -0.05) is 38.0 Å². The highest BCUT2D eigenvalue weighted by Gasteiger charge is 2.17. The van der Waals surface area contributed by atoms with Crippen LogP contribution in [0.5, 0.6) is 0 Å². The molecule has 1 aliphatic rings. The summed E-state index contributed by atoms with van der Waals surface area (Å²) in [4.78, 5) is 0. The van der Waals surface area contributed by atoms with Crippen LogP contribution in [0, 0.1) is 5.92 Å². The molecule has 1 aromatic heterocycles. The maximum atomic E-state index is 4.15. The van der Waals surface area contributed by atoms with Crippen LogP contribution in [0.1, 0.15) is 44.9 Å². The second-order valence-corrected chi connectivity index (χ2v) is 6.03. The molecule has 0 spiro atoms. The zero-order valence-electron chi connectivity index (χ0n) is 12.6. The van der Waals surface area contributed by atoms with E-state index in [1.807, 2.05) is 35.0 Å². The summed E-state index contributed by atoms with van der Waals surface area (Å²) in [6.45, 7) is 3.08. The van der Waals surface area contributed by atoms with E-state index in [2.05, 4.69) is 27.8 Å².